The number of nitrogens with zero attached hydrogens (tertiary/aromatic N) is 3. The number of furan rings is 2. The SMILES string of the molecule is CCc1cc(N2CCOCC2)nc(SCc2ccc(C(=O)NCc3ccco3)o2)n1. The number of carbonyl (C=O) groups excluding carboxylic acids is 1. The van der Waals surface area contributed by atoms with Gasteiger partial charge in [0.15, 0.2) is 10.9 Å². The second-order valence-corrected chi connectivity index (χ2v) is 7.71. The number of anilines is 1. The summed E-state index contributed by atoms with van der Waals surface area (Å²) < 4.78 is 16.3. The van der Waals surface area contributed by atoms with Crippen LogP contribution in [0.25, 0.3) is 0 Å². The first-order valence-electron chi connectivity index (χ1n) is 9.94. The van der Waals surface area contributed by atoms with Gasteiger partial charge in [0.2, 0.25) is 0 Å². The number of carbonyl (C=O) groups is 1. The van der Waals surface area contributed by atoms with Gasteiger partial charge in [0.05, 0.1) is 31.8 Å². The largest absolute Gasteiger partial charge is 0.467 e. The molecule has 1 N–H and O–H groups in total. The normalized spacial score (nSPS) is 14.1. The number of aryl methyl sites for hydroxylation is 1. The Morgan fingerprint density at radius 3 is 2.83 bits per heavy atom. The fourth-order valence-electron chi connectivity index (χ4n) is 3.04. The van der Waals surface area contributed by atoms with Crippen molar-refractivity contribution in [2.24, 2.45) is 0 Å². The van der Waals surface area contributed by atoms with Crippen molar-refractivity contribution >= 4 is 23.5 Å². The molecule has 1 saturated heterocycles. The molecule has 0 unspecified atom stereocenters. The number of thioether (sulfide) groups is 1. The van der Waals surface area contributed by atoms with Crippen molar-refractivity contribution in [2.75, 3.05) is 31.2 Å². The molecule has 1 aliphatic heterocycles. The predicted octanol–water partition coefficient (Wildman–Crippen LogP) is 3.28. The third-order valence-corrected chi connectivity index (χ3v) is 5.54. The van der Waals surface area contributed by atoms with Crippen molar-refractivity contribution in [1.29, 1.82) is 0 Å². The standard InChI is InChI=1S/C21H24N4O4S/c1-2-15-12-19(25-7-10-27-11-8-25)24-21(23-15)30-14-17-5-6-18(29-17)20(26)22-13-16-4-3-9-28-16/h3-6,9,12H,2,7-8,10-11,13-14H2,1H3,(H,22,26). The topological polar surface area (TPSA) is 93.6 Å². The first-order chi connectivity index (χ1) is 14.7. The molecule has 0 aliphatic carbocycles. The molecule has 1 fully saturated rings. The van der Waals surface area contributed by atoms with Crippen LogP contribution in [0.4, 0.5) is 5.82 Å². The van der Waals surface area contributed by atoms with Gasteiger partial charge in [0.25, 0.3) is 5.91 Å². The van der Waals surface area contributed by atoms with E-state index >= 15 is 0 Å². The Bertz CT molecular complexity index is 967. The van der Waals surface area contributed by atoms with Crippen molar-refractivity contribution in [3.05, 3.63) is 59.6 Å². The molecule has 30 heavy (non-hydrogen) atoms. The quantitative estimate of drug-likeness (QED) is 0.432. The molecule has 3 aromatic rings. The van der Waals surface area contributed by atoms with E-state index < -0.39 is 0 Å². The van der Waals surface area contributed by atoms with Crippen LogP contribution in [-0.2, 0) is 23.5 Å². The number of morpholine rings is 1. The van der Waals surface area contributed by atoms with E-state index in [2.05, 4.69) is 22.1 Å². The van der Waals surface area contributed by atoms with E-state index in [-0.39, 0.29) is 11.7 Å². The summed E-state index contributed by atoms with van der Waals surface area (Å²) in [6.45, 7) is 5.49. The molecule has 0 atom stereocenters. The van der Waals surface area contributed by atoms with Crippen LogP contribution in [0.5, 0.6) is 0 Å². The molecule has 0 spiro atoms. The predicted molar refractivity (Wildman–Crippen MR) is 113 cm³/mol. The van der Waals surface area contributed by atoms with Crippen molar-refractivity contribution in [3.8, 4) is 0 Å². The number of ether oxygens (including phenoxy) is 1. The van der Waals surface area contributed by atoms with Gasteiger partial charge in [0, 0.05) is 24.8 Å². The summed E-state index contributed by atoms with van der Waals surface area (Å²) in [5.74, 6) is 2.86. The first-order valence-corrected chi connectivity index (χ1v) is 10.9. The highest BCUT2D eigenvalue weighted by Crippen LogP contribution is 2.24. The van der Waals surface area contributed by atoms with Gasteiger partial charge in [-0.05, 0) is 30.7 Å². The van der Waals surface area contributed by atoms with E-state index in [9.17, 15) is 4.79 Å². The zero-order valence-electron chi connectivity index (χ0n) is 16.8. The van der Waals surface area contributed by atoms with Crippen LogP contribution in [0.3, 0.4) is 0 Å². The van der Waals surface area contributed by atoms with Gasteiger partial charge in [-0.2, -0.15) is 0 Å². The van der Waals surface area contributed by atoms with Crippen LogP contribution < -0.4 is 10.2 Å². The molecule has 158 valence electrons. The van der Waals surface area contributed by atoms with Crippen LogP contribution in [0, 0.1) is 0 Å². The summed E-state index contributed by atoms with van der Waals surface area (Å²) >= 11 is 1.50. The monoisotopic (exact) mass is 428 g/mol. The Labute approximate surface area is 179 Å². The Hall–Kier alpha value is -2.78. The van der Waals surface area contributed by atoms with Gasteiger partial charge < -0.3 is 23.8 Å². The Morgan fingerprint density at radius 2 is 2.07 bits per heavy atom. The minimum Gasteiger partial charge on any atom is -0.467 e. The highest BCUT2D eigenvalue weighted by Gasteiger charge is 2.16. The number of hydrogen-bond donors (Lipinski definition) is 1. The second kappa shape index (κ2) is 9.82. The average molecular weight is 429 g/mol. The van der Waals surface area contributed by atoms with Crippen LogP contribution in [-0.4, -0.2) is 42.2 Å². The smallest absolute Gasteiger partial charge is 0.287 e. The maximum Gasteiger partial charge on any atom is 0.287 e. The van der Waals surface area contributed by atoms with E-state index in [1.165, 1.54) is 11.8 Å². The lowest BCUT2D eigenvalue weighted by molar-refractivity contribution is 0.0919. The van der Waals surface area contributed by atoms with Crippen LogP contribution in [0.2, 0.25) is 0 Å². The Kier molecular flexibility index (Phi) is 6.70. The number of rotatable bonds is 8. The molecule has 0 bridgehead atoms. The lowest BCUT2D eigenvalue weighted by Crippen LogP contribution is -2.37. The summed E-state index contributed by atoms with van der Waals surface area (Å²) in [6, 6.07) is 9.12. The van der Waals surface area contributed by atoms with Gasteiger partial charge >= 0.3 is 0 Å². The first kappa shape index (κ1) is 20.5. The van der Waals surface area contributed by atoms with Crippen LogP contribution in [0.1, 0.15) is 34.7 Å². The highest BCUT2D eigenvalue weighted by atomic mass is 32.2. The van der Waals surface area contributed by atoms with E-state index in [4.69, 9.17) is 18.6 Å². The molecule has 1 aliphatic rings. The maximum absolute atomic E-state index is 12.2. The van der Waals surface area contributed by atoms with Gasteiger partial charge in [0.1, 0.15) is 17.3 Å². The summed E-state index contributed by atoms with van der Waals surface area (Å²) in [5.41, 5.74) is 1.01. The zero-order valence-corrected chi connectivity index (χ0v) is 17.6. The molecule has 9 heteroatoms. The van der Waals surface area contributed by atoms with Crippen LogP contribution in [0.15, 0.2) is 50.6 Å². The van der Waals surface area contributed by atoms with E-state index in [0.29, 0.717) is 42.2 Å². The van der Waals surface area contributed by atoms with E-state index in [0.717, 1.165) is 31.0 Å². The molecule has 0 saturated carbocycles. The molecule has 3 aromatic heterocycles. The minimum absolute atomic E-state index is 0.273. The van der Waals surface area contributed by atoms with E-state index in [1.54, 1.807) is 30.5 Å². The van der Waals surface area contributed by atoms with Crippen molar-refractivity contribution in [1.82, 2.24) is 15.3 Å². The summed E-state index contributed by atoms with van der Waals surface area (Å²) in [6.07, 6.45) is 2.41. The molecular weight excluding hydrogens is 404 g/mol. The molecule has 4 heterocycles. The second-order valence-electron chi connectivity index (χ2n) is 6.77. The van der Waals surface area contributed by atoms with Gasteiger partial charge in [-0.25, -0.2) is 9.97 Å². The summed E-state index contributed by atoms with van der Waals surface area (Å²) in [5, 5.41) is 3.48. The highest BCUT2D eigenvalue weighted by molar-refractivity contribution is 7.98. The summed E-state index contributed by atoms with van der Waals surface area (Å²) in [4.78, 5) is 23.8. The number of amides is 1. The fraction of sp³-hybridized carbons (Fsp3) is 0.381. The van der Waals surface area contributed by atoms with E-state index in [1.807, 2.05) is 6.07 Å². The third kappa shape index (κ3) is 5.22. The third-order valence-electron chi connectivity index (χ3n) is 4.67. The van der Waals surface area contributed by atoms with Crippen LogP contribution >= 0.6 is 11.8 Å². The number of aromatic nitrogens is 2. The van der Waals surface area contributed by atoms with Crippen molar-refractivity contribution in [3.63, 3.8) is 0 Å². The summed E-state index contributed by atoms with van der Waals surface area (Å²) in [7, 11) is 0. The number of nitrogens with one attached hydrogen (secondary N) is 1. The van der Waals surface area contributed by atoms with Gasteiger partial charge in [-0.3, -0.25) is 4.79 Å². The molecule has 0 radical (unpaired) electrons. The average Bonchev–Trinajstić information content (AvgIpc) is 3.48. The number of hydrogen-bond acceptors (Lipinski definition) is 8. The molecule has 1 amide bonds. The molecular formula is C21H24N4O4S. The molecule has 0 aromatic carbocycles. The van der Waals surface area contributed by atoms with Gasteiger partial charge in [-0.1, -0.05) is 18.7 Å². The molecule has 4 rings (SSSR count). The van der Waals surface area contributed by atoms with Crippen molar-refractivity contribution in [2.45, 2.75) is 30.8 Å². The Balaban J connectivity index is 1.36. The minimum atomic E-state index is -0.276. The lowest BCUT2D eigenvalue weighted by Gasteiger charge is -2.28. The fourth-order valence-corrected chi connectivity index (χ4v) is 3.81. The van der Waals surface area contributed by atoms with Crippen molar-refractivity contribution < 1.29 is 18.4 Å². The Morgan fingerprint density at radius 1 is 1.20 bits per heavy atom. The van der Waals surface area contributed by atoms with Gasteiger partial charge in [-0.15, -0.1) is 0 Å². The lowest BCUT2D eigenvalue weighted by atomic mass is 10.3. The zero-order chi connectivity index (χ0) is 20.8. The maximum atomic E-state index is 12.2. The molecule has 8 nitrogen and oxygen atoms in total.